The number of hydrogen-bond donors (Lipinski definition) is 3. The van der Waals surface area contributed by atoms with Gasteiger partial charge < -0.3 is 10.6 Å². The Morgan fingerprint density at radius 1 is 0.806 bits per heavy atom. The van der Waals surface area contributed by atoms with Gasteiger partial charge >= 0.3 is 0 Å². The summed E-state index contributed by atoms with van der Waals surface area (Å²) >= 11 is 0. The second-order valence-corrected chi connectivity index (χ2v) is 8.32. The molecule has 0 saturated heterocycles. The van der Waals surface area contributed by atoms with Crippen LogP contribution in [0.15, 0.2) is 54.6 Å². The van der Waals surface area contributed by atoms with Gasteiger partial charge in [-0.2, -0.15) is 9.97 Å². The Balaban J connectivity index is 1.78. The lowest BCUT2D eigenvalue weighted by molar-refractivity contribution is 0.101. The van der Waals surface area contributed by atoms with Crippen molar-refractivity contribution in [1.29, 1.82) is 0 Å². The van der Waals surface area contributed by atoms with Crippen molar-refractivity contribution in [2.24, 2.45) is 0 Å². The Morgan fingerprint density at radius 2 is 1.45 bits per heavy atom. The van der Waals surface area contributed by atoms with Gasteiger partial charge in [0.15, 0.2) is 0 Å². The zero-order chi connectivity index (χ0) is 22.6. The third-order valence-electron chi connectivity index (χ3n) is 4.74. The monoisotopic (exact) mass is 417 g/mol. The predicted octanol–water partition coefficient (Wildman–Crippen LogP) is 4.63. The zero-order valence-electron chi connectivity index (χ0n) is 18.4. The molecule has 0 aliphatic carbocycles. The summed E-state index contributed by atoms with van der Waals surface area (Å²) < 4.78 is 0. The molecule has 0 fully saturated rings. The molecule has 160 valence electrons. The molecule has 7 nitrogen and oxygen atoms in total. The highest BCUT2D eigenvalue weighted by atomic mass is 16.2. The summed E-state index contributed by atoms with van der Waals surface area (Å²) in [5.74, 6) is 0.220. The van der Waals surface area contributed by atoms with E-state index in [2.05, 4.69) is 46.7 Å². The molecule has 0 aliphatic rings. The van der Waals surface area contributed by atoms with Crippen LogP contribution in [-0.2, 0) is 5.41 Å². The van der Waals surface area contributed by atoms with E-state index in [0.717, 1.165) is 11.1 Å². The molecule has 1 heterocycles. The van der Waals surface area contributed by atoms with Crippen molar-refractivity contribution in [3.05, 3.63) is 76.9 Å². The molecular weight excluding hydrogens is 390 g/mol. The number of carbonyl (C=O) groups excluding carboxylic acids is 2. The number of aromatic nitrogens is 2. The molecule has 3 N–H and O–H groups in total. The molecule has 0 unspecified atom stereocenters. The maximum Gasteiger partial charge on any atom is 0.258 e. The molecule has 7 heteroatoms. The molecule has 0 spiro atoms. The highest BCUT2D eigenvalue weighted by Crippen LogP contribution is 2.22. The number of nitrogens with one attached hydrogen (secondary N) is 3. The number of nitrogens with zero attached hydrogens (tertiary/aromatic N) is 2. The van der Waals surface area contributed by atoms with E-state index >= 15 is 0 Å². The third kappa shape index (κ3) is 5.66. The van der Waals surface area contributed by atoms with Gasteiger partial charge in [-0.25, -0.2) is 0 Å². The van der Waals surface area contributed by atoms with Crippen molar-refractivity contribution in [2.45, 2.75) is 33.1 Å². The molecular formula is C24H27N5O2. The van der Waals surface area contributed by atoms with Gasteiger partial charge in [-0.15, -0.1) is 0 Å². The molecule has 2 amide bonds. The van der Waals surface area contributed by atoms with Crippen LogP contribution in [0.2, 0.25) is 0 Å². The number of aryl methyl sites for hydroxylation is 1. The SMILES string of the molecule is CNc1cc(NC(=O)c2cccc(C)c2)nc(NC(=O)c2ccc(C(C)(C)C)cc2)n1. The molecule has 0 saturated carbocycles. The fraction of sp³-hybridized carbons (Fsp3) is 0.250. The summed E-state index contributed by atoms with van der Waals surface area (Å²) in [7, 11) is 1.70. The van der Waals surface area contributed by atoms with Gasteiger partial charge in [0.1, 0.15) is 11.6 Å². The number of amides is 2. The van der Waals surface area contributed by atoms with E-state index in [1.165, 1.54) is 0 Å². The lowest BCUT2D eigenvalue weighted by Crippen LogP contribution is -2.18. The normalized spacial score (nSPS) is 11.0. The van der Waals surface area contributed by atoms with Gasteiger partial charge in [-0.3, -0.25) is 14.9 Å². The van der Waals surface area contributed by atoms with Crippen LogP contribution in [0.1, 0.15) is 52.6 Å². The van der Waals surface area contributed by atoms with Crippen molar-refractivity contribution < 1.29 is 9.59 Å². The van der Waals surface area contributed by atoms with Gasteiger partial charge in [0.05, 0.1) is 0 Å². The van der Waals surface area contributed by atoms with Gasteiger partial charge in [0.2, 0.25) is 5.95 Å². The van der Waals surface area contributed by atoms with Crippen LogP contribution < -0.4 is 16.0 Å². The highest BCUT2D eigenvalue weighted by Gasteiger charge is 2.16. The summed E-state index contributed by atoms with van der Waals surface area (Å²) in [6.07, 6.45) is 0. The van der Waals surface area contributed by atoms with Gasteiger partial charge in [0.25, 0.3) is 11.8 Å². The highest BCUT2D eigenvalue weighted by molar-refractivity contribution is 6.05. The fourth-order valence-corrected chi connectivity index (χ4v) is 2.97. The van der Waals surface area contributed by atoms with Crippen LogP contribution in [0.25, 0.3) is 0 Å². The lowest BCUT2D eigenvalue weighted by Gasteiger charge is -2.19. The summed E-state index contributed by atoms with van der Waals surface area (Å²) in [5.41, 5.74) is 3.14. The second-order valence-electron chi connectivity index (χ2n) is 8.32. The van der Waals surface area contributed by atoms with E-state index in [-0.39, 0.29) is 29.0 Å². The Hall–Kier alpha value is -3.74. The van der Waals surface area contributed by atoms with Gasteiger partial charge in [0, 0.05) is 24.2 Å². The predicted molar refractivity (Wildman–Crippen MR) is 124 cm³/mol. The van der Waals surface area contributed by atoms with E-state index in [1.807, 2.05) is 31.2 Å². The summed E-state index contributed by atoms with van der Waals surface area (Å²) in [6, 6.07) is 16.3. The fourth-order valence-electron chi connectivity index (χ4n) is 2.97. The van der Waals surface area contributed by atoms with E-state index in [1.54, 1.807) is 37.4 Å². The van der Waals surface area contributed by atoms with Crippen molar-refractivity contribution in [3.8, 4) is 0 Å². The second kappa shape index (κ2) is 8.95. The first-order chi connectivity index (χ1) is 14.7. The zero-order valence-corrected chi connectivity index (χ0v) is 18.4. The molecule has 2 aromatic carbocycles. The number of benzene rings is 2. The molecule has 0 aliphatic heterocycles. The summed E-state index contributed by atoms with van der Waals surface area (Å²) in [5, 5.41) is 8.37. The maximum absolute atomic E-state index is 12.7. The van der Waals surface area contributed by atoms with Crippen LogP contribution in [0.4, 0.5) is 17.6 Å². The van der Waals surface area contributed by atoms with Gasteiger partial charge in [-0.05, 0) is 42.2 Å². The Labute approximate surface area is 182 Å². The largest absolute Gasteiger partial charge is 0.373 e. The molecule has 0 radical (unpaired) electrons. The molecule has 31 heavy (non-hydrogen) atoms. The molecule has 1 aromatic heterocycles. The van der Waals surface area contributed by atoms with Crippen LogP contribution in [0, 0.1) is 6.92 Å². The van der Waals surface area contributed by atoms with Crippen LogP contribution in [0.3, 0.4) is 0 Å². The van der Waals surface area contributed by atoms with E-state index in [4.69, 9.17) is 0 Å². The topological polar surface area (TPSA) is 96.0 Å². The van der Waals surface area contributed by atoms with Crippen molar-refractivity contribution >= 4 is 29.4 Å². The van der Waals surface area contributed by atoms with Crippen LogP contribution >= 0.6 is 0 Å². The number of anilines is 3. The Bertz CT molecular complexity index is 1100. The Morgan fingerprint density at radius 3 is 2.06 bits per heavy atom. The first-order valence-electron chi connectivity index (χ1n) is 10.0. The maximum atomic E-state index is 12.7. The van der Waals surface area contributed by atoms with E-state index in [0.29, 0.717) is 16.9 Å². The first kappa shape index (κ1) is 22.0. The third-order valence-corrected chi connectivity index (χ3v) is 4.74. The average Bonchev–Trinajstić information content (AvgIpc) is 2.73. The minimum Gasteiger partial charge on any atom is -0.373 e. The number of carbonyl (C=O) groups is 2. The van der Waals surface area contributed by atoms with Crippen LogP contribution in [-0.4, -0.2) is 28.8 Å². The van der Waals surface area contributed by atoms with E-state index < -0.39 is 0 Å². The molecule has 0 atom stereocenters. The quantitative estimate of drug-likeness (QED) is 0.563. The average molecular weight is 418 g/mol. The summed E-state index contributed by atoms with van der Waals surface area (Å²) in [6.45, 7) is 8.27. The molecule has 0 bridgehead atoms. The van der Waals surface area contributed by atoms with Crippen molar-refractivity contribution in [3.63, 3.8) is 0 Å². The van der Waals surface area contributed by atoms with Crippen molar-refractivity contribution in [1.82, 2.24) is 9.97 Å². The number of hydrogen-bond acceptors (Lipinski definition) is 5. The minimum absolute atomic E-state index is 0.00362. The summed E-state index contributed by atoms with van der Waals surface area (Å²) in [4.78, 5) is 33.8. The van der Waals surface area contributed by atoms with Crippen LogP contribution in [0.5, 0.6) is 0 Å². The molecule has 3 aromatic rings. The lowest BCUT2D eigenvalue weighted by atomic mass is 9.87. The Kier molecular flexibility index (Phi) is 6.34. The first-order valence-corrected chi connectivity index (χ1v) is 10.0. The standard InChI is InChI=1S/C24H27N5O2/c1-15-7-6-8-17(13-15)22(31)26-20-14-19(25-5)27-23(28-20)29-21(30)16-9-11-18(12-10-16)24(2,3)4/h6-14H,1-5H3,(H3,25,26,27,28,29,30,31). The van der Waals surface area contributed by atoms with Crippen molar-refractivity contribution in [2.75, 3.05) is 23.0 Å². The van der Waals surface area contributed by atoms with Gasteiger partial charge in [-0.1, -0.05) is 50.6 Å². The van der Waals surface area contributed by atoms with E-state index in [9.17, 15) is 9.59 Å². The molecule has 3 rings (SSSR count). The number of rotatable bonds is 5. The smallest absolute Gasteiger partial charge is 0.258 e. The minimum atomic E-state index is -0.329.